The Morgan fingerprint density at radius 2 is 2.06 bits per heavy atom. The zero-order chi connectivity index (χ0) is 13.7. The van der Waals surface area contributed by atoms with Gasteiger partial charge in [0, 0.05) is 6.04 Å². The summed E-state index contributed by atoms with van der Waals surface area (Å²) in [4.78, 5) is 23.1. The Kier molecular flexibility index (Phi) is 5.55. The van der Waals surface area contributed by atoms with Gasteiger partial charge in [0.15, 0.2) is 0 Å². The van der Waals surface area contributed by atoms with Gasteiger partial charge < -0.3 is 20.5 Å². The fraction of sp³-hybridized carbons (Fsp3) is 0.833. The van der Waals surface area contributed by atoms with Crippen molar-refractivity contribution in [2.75, 3.05) is 19.8 Å². The van der Waals surface area contributed by atoms with Gasteiger partial charge in [-0.1, -0.05) is 20.8 Å². The number of nitrogens with one attached hydrogen (secondary N) is 2. The van der Waals surface area contributed by atoms with Gasteiger partial charge in [0.05, 0.1) is 19.1 Å². The van der Waals surface area contributed by atoms with E-state index in [1.54, 1.807) is 13.8 Å². The molecule has 0 bridgehead atoms. The fourth-order valence-corrected chi connectivity index (χ4v) is 2.05. The first kappa shape index (κ1) is 14.9. The Bertz CT molecular complexity index is 306. The van der Waals surface area contributed by atoms with Crippen molar-refractivity contribution in [1.29, 1.82) is 0 Å². The van der Waals surface area contributed by atoms with Gasteiger partial charge in [-0.25, -0.2) is 4.79 Å². The van der Waals surface area contributed by atoms with Gasteiger partial charge in [-0.3, -0.25) is 4.79 Å². The van der Waals surface area contributed by atoms with Crippen LogP contribution in [0.25, 0.3) is 0 Å². The smallest absolute Gasteiger partial charge is 0.326 e. The fourth-order valence-electron chi connectivity index (χ4n) is 2.05. The standard InChI is InChI=1S/C12H22N2O4/c1-4-13-9-6-18-5-8(9)11(15)14-10(7(2)3)12(16)17/h7-10,13H,4-6H2,1-3H3,(H,14,15)(H,16,17)/t8?,9?,10-/m1/s1. The molecule has 1 amide bonds. The van der Waals surface area contributed by atoms with Gasteiger partial charge in [-0.05, 0) is 12.5 Å². The summed E-state index contributed by atoms with van der Waals surface area (Å²) in [6.45, 7) is 7.09. The second-order valence-corrected chi connectivity index (χ2v) is 4.88. The van der Waals surface area contributed by atoms with Crippen LogP contribution >= 0.6 is 0 Å². The van der Waals surface area contributed by atoms with E-state index < -0.39 is 12.0 Å². The highest BCUT2D eigenvalue weighted by Crippen LogP contribution is 2.15. The lowest BCUT2D eigenvalue weighted by atomic mass is 9.99. The topological polar surface area (TPSA) is 87.7 Å². The number of carbonyl (C=O) groups excluding carboxylic acids is 1. The monoisotopic (exact) mass is 258 g/mol. The lowest BCUT2D eigenvalue weighted by Gasteiger charge is -2.22. The Morgan fingerprint density at radius 1 is 1.39 bits per heavy atom. The highest BCUT2D eigenvalue weighted by molar-refractivity contribution is 5.85. The number of ether oxygens (including phenoxy) is 1. The van der Waals surface area contributed by atoms with Crippen molar-refractivity contribution in [3.05, 3.63) is 0 Å². The van der Waals surface area contributed by atoms with Crippen LogP contribution in [0.5, 0.6) is 0 Å². The summed E-state index contributed by atoms with van der Waals surface area (Å²) < 4.78 is 5.28. The predicted octanol–water partition coefficient (Wildman–Crippen LogP) is -0.164. The normalized spacial score (nSPS) is 25.1. The van der Waals surface area contributed by atoms with E-state index in [1.165, 1.54) is 0 Å². The van der Waals surface area contributed by atoms with Gasteiger partial charge >= 0.3 is 5.97 Å². The molecule has 3 N–H and O–H groups in total. The Balaban J connectivity index is 2.60. The molecular weight excluding hydrogens is 236 g/mol. The van der Waals surface area contributed by atoms with Crippen LogP contribution in [0.2, 0.25) is 0 Å². The van der Waals surface area contributed by atoms with Crippen molar-refractivity contribution >= 4 is 11.9 Å². The average molecular weight is 258 g/mol. The van der Waals surface area contributed by atoms with Crippen molar-refractivity contribution in [2.24, 2.45) is 11.8 Å². The molecule has 6 heteroatoms. The number of carboxylic acids is 1. The molecular formula is C12H22N2O4. The molecule has 0 aromatic heterocycles. The van der Waals surface area contributed by atoms with Crippen molar-refractivity contribution in [3.8, 4) is 0 Å². The number of carbonyl (C=O) groups is 2. The van der Waals surface area contributed by atoms with Gasteiger partial charge in [0.25, 0.3) is 0 Å². The second kappa shape index (κ2) is 6.70. The lowest BCUT2D eigenvalue weighted by molar-refractivity contribution is -0.143. The summed E-state index contributed by atoms with van der Waals surface area (Å²) in [5, 5.41) is 14.8. The van der Waals surface area contributed by atoms with Crippen LogP contribution in [0.4, 0.5) is 0 Å². The Labute approximate surface area is 107 Å². The third kappa shape index (κ3) is 3.68. The van der Waals surface area contributed by atoms with E-state index in [9.17, 15) is 9.59 Å². The van der Waals surface area contributed by atoms with Gasteiger partial charge in [-0.2, -0.15) is 0 Å². The van der Waals surface area contributed by atoms with E-state index >= 15 is 0 Å². The summed E-state index contributed by atoms with van der Waals surface area (Å²) in [5.74, 6) is -1.71. The largest absolute Gasteiger partial charge is 0.480 e. The summed E-state index contributed by atoms with van der Waals surface area (Å²) in [7, 11) is 0. The highest BCUT2D eigenvalue weighted by atomic mass is 16.5. The molecule has 0 aliphatic carbocycles. The molecule has 1 heterocycles. The van der Waals surface area contributed by atoms with Crippen LogP contribution in [0.3, 0.4) is 0 Å². The summed E-state index contributed by atoms with van der Waals surface area (Å²) >= 11 is 0. The van der Waals surface area contributed by atoms with Crippen LogP contribution in [-0.4, -0.2) is 48.8 Å². The highest BCUT2D eigenvalue weighted by Gasteiger charge is 2.35. The first-order chi connectivity index (χ1) is 8.47. The number of amides is 1. The third-order valence-corrected chi connectivity index (χ3v) is 3.11. The van der Waals surface area contributed by atoms with Crippen molar-refractivity contribution in [1.82, 2.24) is 10.6 Å². The van der Waals surface area contributed by atoms with Crippen LogP contribution < -0.4 is 10.6 Å². The molecule has 0 aromatic rings. The molecule has 3 atom stereocenters. The molecule has 1 aliphatic heterocycles. The molecule has 0 spiro atoms. The average Bonchev–Trinajstić information content (AvgIpc) is 2.73. The predicted molar refractivity (Wildman–Crippen MR) is 66.2 cm³/mol. The van der Waals surface area contributed by atoms with E-state index in [0.29, 0.717) is 13.2 Å². The molecule has 0 radical (unpaired) electrons. The number of hydrogen-bond acceptors (Lipinski definition) is 4. The quantitative estimate of drug-likeness (QED) is 0.616. The van der Waals surface area contributed by atoms with E-state index in [4.69, 9.17) is 9.84 Å². The molecule has 0 aromatic carbocycles. The molecule has 1 fully saturated rings. The number of hydrogen-bond donors (Lipinski definition) is 3. The molecule has 2 unspecified atom stereocenters. The third-order valence-electron chi connectivity index (χ3n) is 3.11. The maximum atomic E-state index is 12.1. The Morgan fingerprint density at radius 3 is 2.56 bits per heavy atom. The van der Waals surface area contributed by atoms with Crippen LogP contribution in [0, 0.1) is 11.8 Å². The SMILES string of the molecule is CCNC1COCC1C(=O)N[C@@H](C(=O)O)C(C)C. The minimum absolute atomic E-state index is 0.0309. The van der Waals surface area contributed by atoms with E-state index in [0.717, 1.165) is 6.54 Å². The van der Waals surface area contributed by atoms with Gasteiger partial charge in [0.2, 0.25) is 5.91 Å². The van der Waals surface area contributed by atoms with E-state index in [2.05, 4.69) is 10.6 Å². The maximum Gasteiger partial charge on any atom is 0.326 e. The number of carboxylic acid groups (broad SMARTS) is 1. The molecule has 104 valence electrons. The minimum atomic E-state index is -1.00. The molecule has 1 aliphatic rings. The van der Waals surface area contributed by atoms with Gasteiger partial charge in [-0.15, -0.1) is 0 Å². The number of likely N-dealkylation sites (N-methyl/N-ethyl adjacent to an activating group) is 1. The first-order valence-electron chi connectivity index (χ1n) is 6.31. The van der Waals surface area contributed by atoms with E-state index in [1.807, 2.05) is 6.92 Å². The summed E-state index contributed by atoms with van der Waals surface area (Å²) in [6.07, 6.45) is 0. The molecule has 1 saturated heterocycles. The van der Waals surface area contributed by atoms with Crippen LogP contribution in [-0.2, 0) is 14.3 Å². The van der Waals surface area contributed by atoms with Crippen molar-refractivity contribution < 1.29 is 19.4 Å². The number of rotatable bonds is 6. The Hall–Kier alpha value is -1.14. The van der Waals surface area contributed by atoms with Crippen molar-refractivity contribution in [3.63, 3.8) is 0 Å². The molecule has 0 saturated carbocycles. The molecule has 6 nitrogen and oxygen atoms in total. The summed E-state index contributed by atoms with van der Waals surface area (Å²) in [5.41, 5.74) is 0. The van der Waals surface area contributed by atoms with Crippen LogP contribution in [0.1, 0.15) is 20.8 Å². The summed E-state index contributed by atoms with van der Waals surface area (Å²) in [6, 6.07) is -0.878. The van der Waals surface area contributed by atoms with Gasteiger partial charge in [0.1, 0.15) is 6.04 Å². The zero-order valence-electron chi connectivity index (χ0n) is 11.1. The van der Waals surface area contributed by atoms with E-state index in [-0.39, 0.29) is 23.8 Å². The molecule has 18 heavy (non-hydrogen) atoms. The maximum absolute atomic E-state index is 12.1. The number of aliphatic carboxylic acids is 1. The first-order valence-corrected chi connectivity index (χ1v) is 6.31. The minimum Gasteiger partial charge on any atom is -0.480 e. The van der Waals surface area contributed by atoms with Crippen molar-refractivity contribution in [2.45, 2.75) is 32.9 Å². The zero-order valence-corrected chi connectivity index (χ0v) is 11.1. The molecule has 1 rings (SSSR count). The second-order valence-electron chi connectivity index (χ2n) is 4.88. The lowest BCUT2D eigenvalue weighted by Crippen LogP contribution is -2.50. The van der Waals surface area contributed by atoms with Crippen LogP contribution in [0.15, 0.2) is 0 Å².